The molecular weight excluding hydrogens is 350 g/mol. The zero-order chi connectivity index (χ0) is 15.9. The number of halogens is 1. The maximum absolute atomic E-state index is 5.14. The van der Waals surface area contributed by atoms with Crippen molar-refractivity contribution in [1.82, 2.24) is 14.0 Å². The molecule has 4 fully saturated rings. The van der Waals surface area contributed by atoms with Gasteiger partial charge in [-0.1, -0.05) is 0 Å². The Balaban J connectivity index is 0.00000140. The van der Waals surface area contributed by atoms with E-state index in [1.165, 1.54) is 55.6 Å². The molecule has 3 aromatic rings. The highest BCUT2D eigenvalue weighted by Gasteiger charge is 2.52. The summed E-state index contributed by atoms with van der Waals surface area (Å²) in [6.07, 6.45) is 13.2. The molecule has 132 valence electrons. The van der Waals surface area contributed by atoms with Gasteiger partial charge in [0.25, 0.3) is 0 Å². The molecule has 5 heteroatoms. The van der Waals surface area contributed by atoms with Gasteiger partial charge in [0.15, 0.2) is 4.96 Å². The van der Waals surface area contributed by atoms with Gasteiger partial charge in [-0.3, -0.25) is 4.40 Å². The molecule has 4 aliphatic carbocycles. The molecule has 0 aromatic carbocycles. The number of aromatic nitrogens is 3. The molecule has 3 aromatic heterocycles. The first kappa shape index (κ1) is 16.0. The molecule has 4 bridgehead atoms. The van der Waals surface area contributed by atoms with Crippen LogP contribution in [0.2, 0.25) is 0 Å². The predicted octanol–water partition coefficient (Wildman–Crippen LogP) is 5.29. The summed E-state index contributed by atoms with van der Waals surface area (Å²) in [5, 5.41) is 2.25. The largest absolute Gasteiger partial charge is 0.349 e. The van der Waals surface area contributed by atoms with E-state index in [9.17, 15) is 0 Å². The zero-order valence-electron chi connectivity index (χ0n) is 14.5. The Morgan fingerprint density at radius 2 is 1.76 bits per heavy atom. The van der Waals surface area contributed by atoms with Gasteiger partial charge < -0.3 is 4.57 Å². The molecule has 0 saturated heterocycles. The third-order valence-electron chi connectivity index (χ3n) is 7.00. The smallest absolute Gasteiger partial charge is 0.194 e. The van der Waals surface area contributed by atoms with E-state index < -0.39 is 0 Å². The van der Waals surface area contributed by atoms with Gasteiger partial charge in [-0.05, 0) is 68.4 Å². The van der Waals surface area contributed by atoms with Gasteiger partial charge in [-0.15, -0.1) is 23.7 Å². The van der Waals surface area contributed by atoms with E-state index in [0.717, 1.165) is 22.7 Å². The van der Waals surface area contributed by atoms with Gasteiger partial charge in [0, 0.05) is 30.2 Å². The normalized spacial score (nSPS) is 33.1. The van der Waals surface area contributed by atoms with E-state index >= 15 is 0 Å². The summed E-state index contributed by atoms with van der Waals surface area (Å²) >= 11 is 1.78. The van der Waals surface area contributed by atoms with E-state index in [1.54, 1.807) is 11.3 Å². The molecule has 0 amide bonds. The maximum atomic E-state index is 5.14. The average molecular weight is 374 g/mol. The lowest BCUT2D eigenvalue weighted by Crippen LogP contribution is -2.48. The SMILES string of the molecule is Cl.Cn1cccc1-c1csc2nc(C34CC5CC(CC(C5)C3)C4)cn12. The number of rotatable bonds is 2. The van der Waals surface area contributed by atoms with Crippen LogP contribution in [0.15, 0.2) is 29.9 Å². The molecule has 25 heavy (non-hydrogen) atoms. The Bertz CT molecular complexity index is 899. The molecule has 4 aliphatic rings. The van der Waals surface area contributed by atoms with Crippen molar-refractivity contribution in [2.45, 2.75) is 43.9 Å². The second-order valence-electron chi connectivity index (χ2n) is 8.60. The van der Waals surface area contributed by atoms with Gasteiger partial charge in [0.05, 0.1) is 17.1 Å². The van der Waals surface area contributed by atoms with Crippen molar-refractivity contribution in [3.63, 3.8) is 0 Å². The first-order chi connectivity index (χ1) is 11.7. The van der Waals surface area contributed by atoms with Gasteiger partial charge >= 0.3 is 0 Å². The Hall–Kier alpha value is -1.26. The maximum Gasteiger partial charge on any atom is 0.194 e. The fourth-order valence-corrected chi connectivity index (χ4v) is 7.24. The highest BCUT2D eigenvalue weighted by Crippen LogP contribution is 2.60. The number of hydrogen-bond donors (Lipinski definition) is 0. The van der Waals surface area contributed by atoms with Crippen LogP contribution in [0.25, 0.3) is 16.3 Å². The molecule has 3 heterocycles. The third-order valence-corrected chi connectivity index (χ3v) is 7.84. The van der Waals surface area contributed by atoms with Crippen molar-refractivity contribution in [2.75, 3.05) is 0 Å². The summed E-state index contributed by atoms with van der Waals surface area (Å²) in [7, 11) is 2.12. The van der Waals surface area contributed by atoms with Crippen molar-refractivity contribution >= 4 is 28.7 Å². The van der Waals surface area contributed by atoms with Crippen LogP contribution in [0.1, 0.15) is 44.2 Å². The van der Waals surface area contributed by atoms with E-state index in [1.807, 2.05) is 0 Å². The lowest BCUT2D eigenvalue weighted by Gasteiger charge is -2.56. The number of aryl methyl sites for hydroxylation is 1. The zero-order valence-corrected chi connectivity index (χ0v) is 16.2. The van der Waals surface area contributed by atoms with Crippen LogP contribution in [0.3, 0.4) is 0 Å². The standard InChI is InChI=1S/C20H23N3S.ClH/c1-22-4-2-3-16(22)17-12-24-19-21-18(11-23(17)19)20-8-13-5-14(9-20)7-15(6-13)10-20;/h2-4,11-15H,5-10H2,1H3;1H. The quantitative estimate of drug-likeness (QED) is 0.598. The van der Waals surface area contributed by atoms with Crippen LogP contribution >= 0.6 is 23.7 Å². The van der Waals surface area contributed by atoms with Crippen LogP contribution in [-0.4, -0.2) is 14.0 Å². The topological polar surface area (TPSA) is 22.2 Å². The monoisotopic (exact) mass is 373 g/mol. The van der Waals surface area contributed by atoms with Crippen molar-refractivity contribution in [2.24, 2.45) is 24.8 Å². The van der Waals surface area contributed by atoms with Gasteiger partial charge in [0.1, 0.15) is 0 Å². The van der Waals surface area contributed by atoms with Crippen molar-refractivity contribution < 1.29 is 0 Å². The summed E-state index contributed by atoms with van der Waals surface area (Å²) in [6.45, 7) is 0. The Kier molecular flexibility index (Phi) is 3.43. The number of imidazole rings is 1. The summed E-state index contributed by atoms with van der Waals surface area (Å²) in [6, 6.07) is 4.32. The minimum atomic E-state index is 0. The molecule has 0 unspecified atom stereocenters. The predicted molar refractivity (Wildman–Crippen MR) is 105 cm³/mol. The van der Waals surface area contributed by atoms with Crippen LogP contribution in [-0.2, 0) is 12.5 Å². The highest BCUT2D eigenvalue weighted by molar-refractivity contribution is 7.15. The van der Waals surface area contributed by atoms with Crippen LogP contribution in [0.5, 0.6) is 0 Å². The number of hydrogen-bond acceptors (Lipinski definition) is 2. The lowest BCUT2D eigenvalue weighted by molar-refractivity contribution is -0.00696. The highest BCUT2D eigenvalue weighted by atomic mass is 35.5. The second-order valence-corrected chi connectivity index (χ2v) is 9.44. The molecule has 4 saturated carbocycles. The fraction of sp³-hybridized carbons (Fsp3) is 0.550. The van der Waals surface area contributed by atoms with Gasteiger partial charge in [-0.25, -0.2) is 4.98 Å². The summed E-state index contributed by atoms with van der Waals surface area (Å²) in [5.41, 5.74) is 4.34. The average Bonchev–Trinajstić information content (AvgIpc) is 3.21. The summed E-state index contributed by atoms with van der Waals surface area (Å²) in [4.78, 5) is 6.30. The molecular formula is C20H24ClN3S. The third kappa shape index (κ3) is 2.20. The van der Waals surface area contributed by atoms with Crippen molar-refractivity contribution in [1.29, 1.82) is 0 Å². The molecule has 3 nitrogen and oxygen atoms in total. The van der Waals surface area contributed by atoms with E-state index in [-0.39, 0.29) is 12.4 Å². The summed E-state index contributed by atoms with van der Waals surface area (Å²) < 4.78 is 4.54. The number of thiazole rings is 1. The number of nitrogens with zero attached hydrogens (tertiary/aromatic N) is 3. The molecule has 0 spiro atoms. The fourth-order valence-electron chi connectivity index (χ4n) is 6.38. The first-order valence-electron chi connectivity index (χ1n) is 9.29. The second kappa shape index (κ2) is 5.37. The van der Waals surface area contributed by atoms with Crippen LogP contribution in [0.4, 0.5) is 0 Å². The first-order valence-corrected chi connectivity index (χ1v) is 10.2. The Morgan fingerprint density at radius 1 is 1.08 bits per heavy atom. The van der Waals surface area contributed by atoms with E-state index in [4.69, 9.17) is 4.98 Å². The summed E-state index contributed by atoms with van der Waals surface area (Å²) in [5.74, 6) is 2.93. The van der Waals surface area contributed by atoms with E-state index in [2.05, 4.69) is 45.9 Å². The minimum Gasteiger partial charge on any atom is -0.349 e. The van der Waals surface area contributed by atoms with E-state index in [0.29, 0.717) is 5.41 Å². The van der Waals surface area contributed by atoms with Gasteiger partial charge in [-0.2, -0.15) is 0 Å². The molecule has 0 radical (unpaired) electrons. The molecule has 7 rings (SSSR count). The molecule has 0 aliphatic heterocycles. The number of fused-ring (bicyclic) bond motifs is 1. The lowest BCUT2D eigenvalue weighted by atomic mass is 9.49. The minimum absolute atomic E-state index is 0. The molecule has 0 atom stereocenters. The molecule has 0 N–H and O–H groups in total. The van der Waals surface area contributed by atoms with Crippen molar-refractivity contribution in [3.8, 4) is 11.4 Å². The van der Waals surface area contributed by atoms with Gasteiger partial charge in [0.2, 0.25) is 0 Å². The Labute approximate surface area is 158 Å². The van der Waals surface area contributed by atoms with Crippen LogP contribution in [0, 0.1) is 17.8 Å². The Morgan fingerprint density at radius 3 is 2.36 bits per heavy atom. The van der Waals surface area contributed by atoms with Crippen LogP contribution < -0.4 is 0 Å². The van der Waals surface area contributed by atoms with Crippen molar-refractivity contribution in [3.05, 3.63) is 35.6 Å².